The van der Waals surface area contributed by atoms with Crippen LogP contribution in [0.15, 0.2) is 107 Å². The number of rotatable bonds is 11. The van der Waals surface area contributed by atoms with Crippen molar-refractivity contribution >= 4 is 52.2 Å². The number of aryl methyl sites for hydroxylation is 1. The van der Waals surface area contributed by atoms with E-state index in [-0.39, 0.29) is 5.78 Å². The number of hydrogen-bond donors (Lipinski definition) is 0. The maximum Gasteiger partial charge on any atom is 0.331 e. The number of nitrogens with zero attached hydrogens (tertiary/aromatic N) is 2. The lowest BCUT2D eigenvalue weighted by Gasteiger charge is -2.20. The maximum atomic E-state index is 12.9. The SMILES string of the molecule is CC(=O)O/N=C(\CCCSc1ccc(Cl)cc1)c1ccc(N(C)c2ccc(C(=O)c3ccccc3C)cc2)cc1. The van der Waals surface area contributed by atoms with Crippen LogP contribution < -0.4 is 4.90 Å². The van der Waals surface area contributed by atoms with Crippen LogP contribution in [0.2, 0.25) is 5.02 Å². The van der Waals surface area contributed by atoms with Crippen LogP contribution in [0.25, 0.3) is 0 Å². The van der Waals surface area contributed by atoms with Crippen molar-refractivity contribution in [2.45, 2.75) is 31.6 Å². The molecule has 0 bridgehead atoms. The van der Waals surface area contributed by atoms with Gasteiger partial charge in [0.15, 0.2) is 5.78 Å². The predicted molar refractivity (Wildman–Crippen MR) is 165 cm³/mol. The molecule has 7 heteroatoms. The Kier molecular flexibility index (Phi) is 10.2. The number of ketones is 1. The molecule has 40 heavy (non-hydrogen) atoms. The number of hydrogen-bond acceptors (Lipinski definition) is 6. The number of benzene rings is 4. The Morgan fingerprint density at radius 1 is 0.850 bits per heavy atom. The summed E-state index contributed by atoms with van der Waals surface area (Å²) >= 11 is 7.72. The summed E-state index contributed by atoms with van der Waals surface area (Å²) in [4.78, 5) is 32.5. The zero-order valence-electron chi connectivity index (χ0n) is 22.8. The molecule has 0 aliphatic heterocycles. The van der Waals surface area contributed by atoms with E-state index in [9.17, 15) is 9.59 Å². The Balaban J connectivity index is 1.41. The lowest BCUT2D eigenvalue weighted by Crippen LogP contribution is -2.11. The number of anilines is 2. The Morgan fingerprint density at radius 3 is 2.05 bits per heavy atom. The molecule has 0 saturated heterocycles. The normalized spacial score (nSPS) is 11.2. The topological polar surface area (TPSA) is 59.0 Å². The molecule has 0 saturated carbocycles. The summed E-state index contributed by atoms with van der Waals surface area (Å²) in [6.07, 6.45) is 1.53. The summed E-state index contributed by atoms with van der Waals surface area (Å²) in [5, 5.41) is 4.86. The van der Waals surface area contributed by atoms with Crippen LogP contribution in [0, 0.1) is 6.92 Å². The van der Waals surface area contributed by atoms with Crippen LogP contribution in [0.1, 0.15) is 46.8 Å². The van der Waals surface area contributed by atoms with E-state index in [1.54, 1.807) is 11.8 Å². The first-order valence-electron chi connectivity index (χ1n) is 13.0. The van der Waals surface area contributed by atoms with E-state index < -0.39 is 5.97 Å². The minimum Gasteiger partial charge on any atom is -0.345 e. The van der Waals surface area contributed by atoms with Crippen LogP contribution in [0.5, 0.6) is 0 Å². The van der Waals surface area contributed by atoms with Crippen LogP contribution in [-0.4, -0.2) is 30.3 Å². The van der Waals surface area contributed by atoms with E-state index in [2.05, 4.69) is 10.1 Å². The third kappa shape index (κ3) is 7.84. The zero-order chi connectivity index (χ0) is 28.5. The highest BCUT2D eigenvalue weighted by Crippen LogP contribution is 2.26. The second-order valence-corrected chi connectivity index (χ2v) is 10.9. The third-order valence-electron chi connectivity index (χ3n) is 6.42. The van der Waals surface area contributed by atoms with Crippen molar-refractivity contribution in [1.29, 1.82) is 0 Å². The predicted octanol–water partition coefficient (Wildman–Crippen LogP) is 8.49. The highest BCUT2D eigenvalue weighted by molar-refractivity contribution is 7.99. The second-order valence-electron chi connectivity index (χ2n) is 9.32. The molecular weight excluding hydrogens is 540 g/mol. The molecule has 0 aliphatic rings. The minimum absolute atomic E-state index is 0.0165. The molecule has 0 aromatic heterocycles. The van der Waals surface area contributed by atoms with Crippen molar-refractivity contribution in [2.75, 3.05) is 17.7 Å². The maximum absolute atomic E-state index is 12.9. The van der Waals surface area contributed by atoms with Gasteiger partial charge in [-0.3, -0.25) is 4.79 Å². The van der Waals surface area contributed by atoms with Gasteiger partial charge in [-0.05, 0) is 97.3 Å². The van der Waals surface area contributed by atoms with Gasteiger partial charge >= 0.3 is 5.97 Å². The fourth-order valence-electron chi connectivity index (χ4n) is 4.17. The molecule has 0 unspecified atom stereocenters. The first kappa shape index (κ1) is 29.1. The standard InChI is InChI=1S/C33H31ClN2O3S/c1-23-7-4-5-8-31(23)33(38)26-12-18-29(19-13-26)36(3)28-16-10-25(11-17-28)32(35-39-24(2)37)9-6-22-40-30-20-14-27(34)15-21-30/h4-5,7-8,10-21H,6,9,22H2,1-3H3/b35-32+. The largest absolute Gasteiger partial charge is 0.345 e. The molecule has 0 aliphatic carbocycles. The molecule has 0 N–H and O–H groups in total. The van der Waals surface area contributed by atoms with Crippen LogP contribution in [0.4, 0.5) is 11.4 Å². The average molecular weight is 571 g/mol. The van der Waals surface area contributed by atoms with E-state index in [0.29, 0.717) is 17.5 Å². The summed E-state index contributed by atoms with van der Waals surface area (Å²) in [7, 11) is 1.98. The van der Waals surface area contributed by atoms with Crippen molar-refractivity contribution in [3.8, 4) is 0 Å². The van der Waals surface area contributed by atoms with Gasteiger partial charge in [-0.1, -0.05) is 53.2 Å². The Hall–Kier alpha value is -3.87. The number of halogens is 1. The first-order chi connectivity index (χ1) is 19.3. The van der Waals surface area contributed by atoms with E-state index in [1.807, 2.05) is 111 Å². The van der Waals surface area contributed by atoms with Crippen LogP contribution >= 0.6 is 23.4 Å². The third-order valence-corrected chi connectivity index (χ3v) is 7.77. The molecule has 0 heterocycles. The Bertz CT molecular complexity index is 1480. The van der Waals surface area contributed by atoms with E-state index >= 15 is 0 Å². The number of carbonyl (C=O) groups is 2. The average Bonchev–Trinajstić information content (AvgIpc) is 2.97. The molecule has 0 radical (unpaired) electrons. The van der Waals surface area contributed by atoms with E-state index in [1.165, 1.54) is 6.92 Å². The van der Waals surface area contributed by atoms with Crippen LogP contribution in [-0.2, 0) is 9.63 Å². The summed E-state index contributed by atoms with van der Waals surface area (Å²) in [5.41, 5.74) is 5.89. The fourth-order valence-corrected chi connectivity index (χ4v) is 5.15. The van der Waals surface area contributed by atoms with Gasteiger partial charge in [0, 0.05) is 46.4 Å². The van der Waals surface area contributed by atoms with Crippen molar-refractivity contribution < 1.29 is 14.4 Å². The quantitative estimate of drug-likeness (QED) is 0.0452. The Labute approximate surface area is 244 Å². The monoisotopic (exact) mass is 570 g/mol. The zero-order valence-corrected chi connectivity index (χ0v) is 24.3. The van der Waals surface area contributed by atoms with E-state index in [0.717, 1.165) is 50.3 Å². The number of oxime groups is 1. The van der Waals surface area contributed by atoms with Gasteiger partial charge in [-0.2, -0.15) is 0 Å². The molecule has 0 amide bonds. The van der Waals surface area contributed by atoms with Gasteiger partial charge in [0.2, 0.25) is 0 Å². The lowest BCUT2D eigenvalue weighted by molar-refractivity contribution is -0.140. The number of thioether (sulfide) groups is 1. The van der Waals surface area contributed by atoms with Crippen molar-refractivity contribution in [2.24, 2.45) is 5.16 Å². The lowest BCUT2D eigenvalue weighted by atomic mass is 9.99. The van der Waals surface area contributed by atoms with Gasteiger partial charge in [-0.25, -0.2) is 4.79 Å². The molecule has 204 valence electrons. The molecule has 4 rings (SSSR count). The van der Waals surface area contributed by atoms with Crippen molar-refractivity contribution in [1.82, 2.24) is 0 Å². The first-order valence-corrected chi connectivity index (χ1v) is 14.4. The summed E-state index contributed by atoms with van der Waals surface area (Å²) in [6.45, 7) is 3.29. The second kappa shape index (κ2) is 14.0. The smallest absolute Gasteiger partial charge is 0.331 e. The molecule has 0 spiro atoms. The molecule has 0 fully saturated rings. The van der Waals surface area contributed by atoms with E-state index in [4.69, 9.17) is 16.4 Å². The van der Waals surface area contributed by atoms with Crippen LogP contribution in [0.3, 0.4) is 0 Å². The van der Waals surface area contributed by atoms with Gasteiger partial charge < -0.3 is 9.74 Å². The molecule has 5 nitrogen and oxygen atoms in total. The highest BCUT2D eigenvalue weighted by Gasteiger charge is 2.13. The summed E-state index contributed by atoms with van der Waals surface area (Å²) in [6, 6.07) is 31.0. The molecule has 0 atom stereocenters. The fraction of sp³-hybridized carbons (Fsp3) is 0.182. The molecular formula is C33H31ClN2O3S. The van der Waals surface area contributed by atoms with Crippen molar-refractivity contribution in [3.05, 3.63) is 124 Å². The summed E-state index contributed by atoms with van der Waals surface area (Å²) < 4.78 is 0. The Morgan fingerprint density at radius 2 is 1.45 bits per heavy atom. The van der Waals surface area contributed by atoms with Gasteiger partial charge in [0.25, 0.3) is 0 Å². The van der Waals surface area contributed by atoms with Crippen molar-refractivity contribution in [3.63, 3.8) is 0 Å². The van der Waals surface area contributed by atoms with Gasteiger partial charge in [0.1, 0.15) is 0 Å². The van der Waals surface area contributed by atoms with Gasteiger partial charge in [0.05, 0.1) is 5.71 Å². The molecule has 4 aromatic rings. The number of carbonyl (C=O) groups excluding carboxylic acids is 2. The molecule has 4 aromatic carbocycles. The summed E-state index contributed by atoms with van der Waals surface area (Å²) in [5.74, 6) is 0.459. The highest BCUT2D eigenvalue weighted by atomic mass is 35.5. The minimum atomic E-state index is -0.450. The van der Waals surface area contributed by atoms with Gasteiger partial charge in [-0.15, -0.1) is 11.8 Å².